The van der Waals surface area contributed by atoms with Gasteiger partial charge < -0.3 is 10.2 Å². The second-order valence-electron chi connectivity index (χ2n) is 5.20. The molecule has 128 valence electrons. The van der Waals surface area contributed by atoms with Gasteiger partial charge in [0.15, 0.2) is 0 Å². The molecule has 0 aromatic heterocycles. The summed E-state index contributed by atoms with van der Waals surface area (Å²) in [7, 11) is 0. The molecule has 2 N–H and O–H groups in total. The minimum absolute atomic E-state index is 0.106. The van der Waals surface area contributed by atoms with Crippen LogP contribution in [0.25, 0.3) is 0 Å². The molecule has 0 aliphatic rings. The molecule has 0 rings (SSSR count). The second kappa shape index (κ2) is 16.5. The van der Waals surface area contributed by atoms with Crippen molar-refractivity contribution in [3.8, 4) is 0 Å². The third-order valence-electron chi connectivity index (χ3n) is 3.02. The van der Waals surface area contributed by atoms with Crippen LogP contribution >= 0.6 is 0 Å². The van der Waals surface area contributed by atoms with Gasteiger partial charge in [-0.1, -0.05) is 67.7 Å². The van der Waals surface area contributed by atoms with Gasteiger partial charge in [0, 0.05) is 6.42 Å². The van der Waals surface area contributed by atoms with E-state index in [9.17, 15) is 9.90 Å². The van der Waals surface area contributed by atoms with Gasteiger partial charge in [-0.2, -0.15) is 0 Å². The maximum absolute atomic E-state index is 10.3. The summed E-state index contributed by atoms with van der Waals surface area (Å²) in [5.74, 6) is -0.819. The zero-order valence-corrected chi connectivity index (χ0v) is 14.1. The zero-order valence-electron chi connectivity index (χ0n) is 14.1. The number of hydrogen-bond acceptors (Lipinski definition) is 2. The Labute approximate surface area is 140 Å². The van der Waals surface area contributed by atoms with Crippen molar-refractivity contribution < 1.29 is 15.0 Å². The molecule has 0 radical (unpaired) electrons. The lowest BCUT2D eigenvalue weighted by Gasteiger charge is -2.02. The van der Waals surface area contributed by atoms with Gasteiger partial charge in [-0.3, -0.25) is 4.79 Å². The van der Waals surface area contributed by atoms with E-state index in [-0.39, 0.29) is 6.42 Å². The summed E-state index contributed by atoms with van der Waals surface area (Å²) < 4.78 is 0. The molecular formula is C20H30O3. The zero-order chi connectivity index (χ0) is 17.2. The van der Waals surface area contributed by atoms with Crippen molar-refractivity contribution in [1.29, 1.82) is 0 Å². The number of hydrogen-bond donors (Lipinski definition) is 2. The Balaban J connectivity index is 3.65. The quantitative estimate of drug-likeness (QED) is 0.372. The molecule has 0 saturated carbocycles. The number of aliphatic carboxylic acids is 1. The summed E-state index contributed by atoms with van der Waals surface area (Å²) in [6.45, 7) is 2.13. The molecule has 0 aliphatic heterocycles. The second-order valence-corrected chi connectivity index (χ2v) is 5.20. The van der Waals surface area contributed by atoms with Crippen molar-refractivity contribution in [3.63, 3.8) is 0 Å². The predicted octanol–water partition coefficient (Wildman–Crippen LogP) is 4.96. The smallest absolute Gasteiger partial charge is 0.303 e. The maximum atomic E-state index is 10.3. The molecule has 0 amide bonds. The molecule has 1 unspecified atom stereocenters. The van der Waals surface area contributed by atoms with E-state index in [0.29, 0.717) is 12.8 Å². The highest BCUT2D eigenvalue weighted by Gasteiger charge is 2.01. The summed E-state index contributed by atoms with van der Waals surface area (Å²) in [4.78, 5) is 10.3. The number of carboxylic acids is 1. The largest absolute Gasteiger partial charge is 0.481 e. The van der Waals surface area contributed by atoms with Crippen LogP contribution in [0.2, 0.25) is 0 Å². The summed E-state index contributed by atoms with van der Waals surface area (Å²) in [5, 5.41) is 18.1. The van der Waals surface area contributed by atoms with Crippen LogP contribution < -0.4 is 0 Å². The normalized spacial score (nSPS) is 14.2. The van der Waals surface area contributed by atoms with Gasteiger partial charge in [0.25, 0.3) is 0 Å². The average Bonchev–Trinajstić information content (AvgIpc) is 2.51. The highest BCUT2D eigenvalue weighted by atomic mass is 16.4. The molecule has 0 spiro atoms. The van der Waals surface area contributed by atoms with Crippen LogP contribution in [0.5, 0.6) is 0 Å². The minimum atomic E-state index is -0.819. The number of carboxylic acid groups (broad SMARTS) is 1. The Morgan fingerprint density at radius 3 is 2.04 bits per heavy atom. The van der Waals surface area contributed by atoms with E-state index in [0.717, 1.165) is 25.7 Å². The Morgan fingerprint density at radius 2 is 1.48 bits per heavy atom. The third-order valence-corrected chi connectivity index (χ3v) is 3.02. The van der Waals surface area contributed by atoms with Crippen molar-refractivity contribution >= 4 is 5.97 Å². The topological polar surface area (TPSA) is 57.5 Å². The van der Waals surface area contributed by atoms with Crippen molar-refractivity contribution in [3.05, 3.63) is 60.8 Å². The number of rotatable bonds is 13. The summed E-state index contributed by atoms with van der Waals surface area (Å²) in [6.07, 6.45) is 24.7. The summed E-state index contributed by atoms with van der Waals surface area (Å²) >= 11 is 0. The van der Waals surface area contributed by atoms with Crippen LogP contribution in [0.1, 0.15) is 51.9 Å². The lowest BCUT2D eigenvalue weighted by atomic mass is 10.1. The summed E-state index contributed by atoms with van der Waals surface area (Å²) in [6, 6.07) is 0. The van der Waals surface area contributed by atoms with Crippen LogP contribution in [-0.2, 0) is 4.79 Å². The Hall–Kier alpha value is -1.87. The Morgan fingerprint density at radius 1 is 0.913 bits per heavy atom. The van der Waals surface area contributed by atoms with Crippen molar-refractivity contribution in [2.75, 3.05) is 0 Å². The Bertz CT molecular complexity index is 428. The van der Waals surface area contributed by atoms with Crippen LogP contribution in [0, 0.1) is 0 Å². The first-order valence-electron chi connectivity index (χ1n) is 8.35. The van der Waals surface area contributed by atoms with Gasteiger partial charge in [-0.05, 0) is 38.5 Å². The van der Waals surface area contributed by atoms with E-state index >= 15 is 0 Å². The van der Waals surface area contributed by atoms with Crippen LogP contribution in [0.15, 0.2) is 60.8 Å². The van der Waals surface area contributed by atoms with Crippen LogP contribution in [-0.4, -0.2) is 22.3 Å². The summed E-state index contributed by atoms with van der Waals surface area (Å²) in [5.41, 5.74) is 0. The van der Waals surface area contributed by atoms with Crippen molar-refractivity contribution in [2.24, 2.45) is 0 Å². The monoisotopic (exact) mass is 318 g/mol. The van der Waals surface area contributed by atoms with Gasteiger partial charge in [0.2, 0.25) is 0 Å². The van der Waals surface area contributed by atoms with E-state index in [1.165, 1.54) is 0 Å². The van der Waals surface area contributed by atoms with E-state index < -0.39 is 12.1 Å². The molecule has 1 atom stereocenters. The van der Waals surface area contributed by atoms with Gasteiger partial charge in [0.1, 0.15) is 0 Å². The first-order valence-corrected chi connectivity index (χ1v) is 8.35. The lowest BCUT2D eigenvalue weighted by Crippen LogP contribution is -2.03. The first-order chi connectivity index (χ1) is 11.2. The van der Waals surface area contributed by atoms with Crippen molar-refractivity contribution in [2.45, 2.75) is 58.0 Å². The molecule has 3 heteroatoms. The highest BCUT2D eigenvalue weighted by molar-refractivity contribution is 5.66. The molecule has 0 saturated heterocycles. The molecule has 3 nitrogen and oxygen atoms in total. The van der Waals surface area contributed by atoms with Gasteiger partial charge in [-0.15, -0.1) is 0 Å². The van der Waals surface area contributed by atoms with Gasteiger partial charge in [0.05, 0.1) is 6.10 Å². The van der Waals surface area contributed by atoms with Gasteiger partial charge in [-0.25, -0.2) is 0 Å². The predicted molar refractivity (Wildman–Crippen MR) is 97.3 cm³/mol. The standard InChI is InChI=1S/C20H30O3/c1-2-3-4-5-6-7-8-9-10-11-12-13-14-16-19(21)17-15-18-20(22)23/h3-4,6-7,9-10,12-14,16,19,21H,2,5,8,11,15,17-18H2,1H3,(H,22,23)/b4-3+,7-6+,10-9+,13-12+,16-14+. The molecule has 0 heterocycles. The van der Waals surface area contributed by atoms with E-state index in [4.69, 9.17) is 5.11 Å². The minimum Gasteiger partial charge on any atom is -0.481 e. The van der Waals surface area contributed by atoms with Crippen molar-refractivity contribution in [1.82, 2.24) is 0 Å². The first kappa shape index (κ1) is 21.1. The molecule has 0 bridgehead atoms. The van der Waals surface area contributed by atoms with E-state index in [1.54, 1.807) is 12.2 Å². The lowest BCUT2D eigenvalue weighted by molar-refractivity contribution is -0.137. The molecular weight excluding hydrogens is 288 g/mol. The third kappa shape index (κ3) is 18.1. The van der Waals surface area contributed by atoms with E-state index in [2.05, 4.69) is 43.4 Å². The molecule has 0 aliphatic carbocycles. The van der Waals surface area contributed by atoms with Crippen LogP contribution in [0.4, 0.5) is 0 Å². The fourth-order valence-corrected chi connectivity index (χ4v) is 1.79. The fraction of sp³-hybridized carbons (Fsp3) is 0.450. The number of aliphatic hydroxyl groups excluding tert-OH is 1. The molecule has 0 aromatic carbocycles. The average molecular weight is 318 g/mol. The van der Waals surface area contributed by atoms with Crippen LogP contribution in [0.3, 0.4) is 0 Å². The molecule has 0 aromatic rings. The number of allylic oxidation sites excluding steroid dienone is 9. The maximum Gasteiger partial charge on any atom is 0.303 e. The Kier molecular flexibility index (Phi) is 15.2. The van der Waals surface area contributed by atoms with E-state index in [1.807, 2.05) is 12.2 Å². The fourth-order valence-electron chi connectivity index (χ4n) is 1.79. The molecule has 0 fully saturated rings. The highest BCUT2D eigenvalue weighted by Crippen LogP contribution is 2.02. The number of aliphatic hydroxyl groups is 1. The SMILES string of the molecule is CC/C=C/C/C=C/C/C=C/C/C=C/C=C/C(O)CCCC(=O)O. The van der Waals surface area contributed by atoms with Gasteiger partial charge >= 0.3 is 5.97 Å². The number of carbonyl (C=O) groups is 1. The molecule has 23 heavy (non-hydrogen) atoms.